The van der Waals surface area contributed by atoms with E-state index in [1.165, 1.54) is 0 Å². The van der Waals surface area contributed by atoms with Crippen molar-refractivity contribution in [3.8, 4) is 56.3 Å². The first kappa shape index (κ1) is 30.3. The molecule has 0 saturated heterocycles. The molecule has 11 rings (SSSR count). The van der Waals surface area contributed by atoms with Gasteiger partial charge in [0.25, 0.3) is 0 Å². The fourth-order valence-electron chi connectivity index (χ4n) is 7.71. The molecule has 4 aromatic heterocycles. The molecule has 0 aliphatic heterocycles. The van der Waals surface area contributed by atoms with Gasteiger partial charge in [0.15, 0.2) is 5.82 Å². The van der Waals surface area contributed by atoms with E-state index in [1.807, 2.05) is 48.5 Å². The summed E-state index contributed by atoms with van der Waals surface area (Å²) in [5.41, 5.74) is 11.9. The molecule has 0 radical (unpaired) electrons. The van der Waals surface area contributed by atoms with E-state index in [-0.39, 0.29) is 0 Å². The van der Waals surface area contributed by atoms with Gasteiger partial charge in [-0.05, 0) is 29.1 Å². The minimum atomic E-state index is 0.637. The highest BCUT2D eigenvalue weighted by Gasteiger charge is 2.18. The number of para-hydroxylation sites is 3. The maximum Gasteiger partial charge on any atom is 0.228 e. The van der Waals surface area contributed by atoms with Crippen LogP contribution in [-0.2, 0) is 0 Å². The van der Waals surface area contributed by atoms with Crippen LogP contribution in [0.2, 0.25) is 0 Å². The van der Waals surface area contributed by atoms with E-state index in [1.54, 1.807) is 0 Å². The maximum atomic E-state index is 6.34. The topological polar surface area (TPSA) is 65.0 Å². The molecule has 0 bridgehead atoms. The van der Waals surface area contributed by atoms with E-state index in [2.05, 4.69) is 127 Å². The highest BCUT2D eigenvalue weighted by molar-refractivity contribution is 6.20. The first-order valence-corrected chi connectivity index (χ1v) is 18.0. The Labute approximate surface area is 309 Å². The van der Waals surface area contributed by atoms with Gasteiger partial charge in [-0.25, -0.2) is 15.0 Å². The Bertz CT molecular complexity index is 3200. The van der Waals surface area contributed by atoms with Crippen LogP contribution in [0.5, 0.6) is 0 Å². The number of hydrogen-bond donors (Lipinski definition) is 0. The predicted octanol–water partition coefficient (Wildman–Crippen LogP) is 13.2. The third-order valence-electron chi connectivity index (χ3n) is 10.3. The Morgan fingerprint density at radius 3 is 1.67 bits per heavy atom. The number of fused-ring (bicyclic) bond motifs is 8. The van der Waals surface area contributed by atoms with Gasteiger partial charge in [-0.1, -0.05) is 158 Å². The molecule has 0 aliphatic carbocycles. The lowest BCUT2D eigenvalue weighted by Gasteiger charge is -2.11. The lowest BCUT2D eigenvalue weighted by atomic mass is 9.99. The summed E-state index contributed by atoms with van der Waals surface area (Å²) in [5.74, 6) is 0.652. The molecule has 0 N–H and O–H groups in total. The van der Waals surface area contributed by atoms with Crippen LogP contribution < -0.4 is 0 Å². The monoisotopic (exact) mass is 691 g/mol. The number of hydrogen-bond acceptors (Lipinski definition) is 5. The summed E-state index contributed by atoms with van der Waals surface area (Å²) < 4.78 is 12.6. The first-order chi connectivity index (χ1) is 26.7. The molecule has 252 valence electrons. The van der Waals surface area contributed by atoms with E-state index in [0.717, 1.165) is 99.5 Å². The Hall–Kier alpha value is -7.37. The third-order valence-corrected chi connectivity index (χ3v) is 10.3. The molecule has 4 heterocycles. The molecule has 54 heavy (non-hydrogen) atoms. The second kappa shape index (κ2) is 12.1. The number of rotatable bonds is 5. The van der Waals surface area contributed by atoms with Gasteiger partial charge < -0.3 is 8.83 Å². The van der Waals surface area contributed by atoms with Crippen molar-refractivity contribution in [1.82, 2.24) is 15.0 Å². The largest absolute Gasteiger partial charge is 0.455 e. The van der Waals surface area contributed by atoms with E-state index in [0.29, 0.717) is 11.5 Å². The van der Waals surface area contributed by atoms with Crippen molar-refractivity contribution in [3.63, 3.8) is 0 Å². The second-order valence-electron chi connectivity index (χ2n) is 13.5. The van der Waals surface area contributed by atoms with Crippen molar-refractivity contribution in [2.75, 3.05) is 0 Å². The van der Waals surface area contributed by atoms with Gasteiger partial charge in [-0.2, -0.15) is 0 Å². The highest BCUT2D eigenvalue weighted by Crippen LogP contribution is 2.39. The summed E-state index contributed by atoms with van der Waals surface area (Å²) in [5, 5.41) is 6.55. The smallest absolute Gasteiger partial charge is 0.228 e. The van der Waals surface area contributed by atoms with E-state index >= 15 is 0 Å². The molecule has 0 fully saturated rings. The van der Waals surface area contributed by atoms with Crippen LogP contribution in [0.25, 0.3) is 111 Å². The Balaban J connectivity index is 0.995. The summed E-state index contributed by atoms with van der Waals surface area (Å²) in [4.78, 5) is 15.3. The van der Waals surface area contributed by atoms with E-state index in [4.69, 9.17) is 23.8 Å². The summed E-state index contributed by atoms with van der Waals surface area (Å²) in [7, 11) is 0. The average Bonchev–Trinajstić information content (AvgIpc) is 3.82. The molecule has 0 aliphatic rings. The zero-order chi connectivity index (χ0) is 35.6. The van der Waals surface area contributed by atoms with Crippen molar-refractivity contribution >= 4 is 54.8 Å². The number of benzene rings is 7. The Kier molecular flexibility index (Phi) is 6.79. The van der Waals surface area contributed by atoms with Crippen molar-refractivity contribution in [2.45, 2.75) is 0 Å². The lowest BCUT2D eigenvalue weighted by molar-refractivity contribution is 0.655. The van der Waals surface area contributed by atoms with E-state index < -0.39 is 0 Å². The van der Waals surface area contributed by atoms with E-state index in [9.17, 15) is 0 Å². The predicted molar refractivity (Wildman–Crippen MR) is 219 cm³/mol. The summed E-state index contributed by atoms with van der Waals surface area (Å²) >= 11 is 0. The average molecular weight is 692 g/mol. The van der Waals surface area contributed by atoms with Crippen LogP contribution in [-0.4, -0.2) is 15.0 Å². The molecule has 11 aromatic rings. The number of furan rings is 2. The maximum absolute atomic E-state index is 6.34. The third kappa shape index (κ3) is 4.90. The van der Waals surface area contributed by atoms with Crippen LogP contribution in [0.15, 0.2) is 185 Å². The molecule has 0 saturated carbocycles. The zero-order valence-electron chi connectivity index (χ0n) is 28.9. The SMILES string of the molecule is c1ccc(-c2cc(-c3ccc(-c4cccc5c4oc4ccccc45)cc3)nc(-c3ccc(-c4nc5oc6ccccc6c5c5ccccc45)cc3)n2)cc1. The van der Waals surface area contributed by atoms with Crippen molar-refractivity contribution in [3.05, 3.63) is 176 Å². The van der Waals surface area contributed by atoms with Crippen molar-refractivity contribution < 1.29 is 8.83 Å². The molecule has 0 atom stereocenters. The highest BCUT2D eigenvalue weighted by atomic mass is 16.3. The minimum Gasteiger partial charge on any atom is -0.455 e. The number of aromatic nitrogens is 3. The van der Waals surface area contributed by atoms with Crippen LogP contribution in [0.1, 0.15) is 0 Å². The molecule has 7 aromatic carbocycles. The fourth-order valence-corrected chi connectivity index (χ4v) is 7.71. The van der Waals surface area contributed by atoms with Crippen molar-refractivity contribution in [2.24, 2.45) is 0 Å². The standard InChI is InChI=1S/C49H29N3O2/c1-2-11-31(12-3-1)41-29-42(32-23-21-30(22-24-32)35-17-10-18-39-36-13-6-8-19-43(36)53-47(35)39)51-48(50-41)34-27-25-33(26-28-34)46-38-15-5-4-14-37(38)45-40-16-7-9-20-44(40)54-49(45)52-46/h1-29H. The van der Waals surface area contributed by atoms with Gasteiger partial charge >= 0.3 is 0 Å². The Morgan fingerprint density at radius 1 is 0.352 bits per heavy atom. The van der Waals surface area contributed by atoms with Gasteiger partial charge in [-0.15, -0.1) is 0 Å². The molecule has 0 amide bonds. The summed E-state index contributed by atoms with van der Waals surface area (Å²) in [6, 6.07) is 60.3. The first-order valence-electron chi connectivity index (χ1n) is 18.0. The quantitative estimate of drug-likeness (QED) is 0.180. The van der Waals surface area contributed by atoms with Gasteiger partial charge in [0.1, 0.15) is 16.7 Å². The zero-order valence-corrected chi connectivity index (χ0v) is 28.9. The molecule has 0 unspecified atom stereocenters. The van der Waals surface area contributed by atoms with Crippen LogP contribution in [0, 0.1) is 0 Å². The number of nitrogens with zero attached hydrogens (tertiary/aromatic N) is 3. The minimum absolute atomic E-state index is 0.637. The molecular formula is C49H29N3O2. The van der Waals surface area contributed by atoms with Gasteiger partial charge in [-0.3, -0.25) is 0 Å². The van der Waals surface area contributed by atoms with Gasteiger partial charge in [0.05, 0.1) is 22.5 Å². The van der Waals surface area contributed by atoms with Crippen LogP contribution in [0.3, 0.4) is 0 Å². The summed E-state index contributed by atoms with van der Waals surface area (Å²) in [6.45, 7) is 0. The molecule has 0 spiro atoms. The number of pyridine rings is 1. The van der Waals surface area contributed by atoms with Crippen LogP contribution in [0.4, 0.5) is 0 Å². The van der Waals surface area contributed by atoms with Crippen LogP contribution >= 0.6 is 0 Å². The molecular weight excluding hydrogens is 663 g/mol. The Morgan fingerprint density at radius 2 is 0.907 bits per heavy atom. The van der Waals surface area contributed by atoms with Gasteiger partial charge in [0, 0.05) is 49.4 Å². The molecule has 5 heteroatoms. The van der Waals surface area contributed by atoms with Crippen molar-refractivity contribution in [1.29, 1.82) is 0 Å². The molecule has 5 nitrogen and oxygen atoms in total. The fraction of sp³-hybridized carbons (Fsp3) is 0. The van der Waals surface area contributed by atoms with Gasteiger partial charge in [0.2, 0.25) is 5.71 Å². The normalized spacial score (nSPS) is 11.7. The summed E-state index contributed by atoms with van der Waals surface area (Å²) in [6.07, 6.45) is 0. The lowest BCUT2D eigenvalue weighted by Crippen LogP contribution is -1.96. The second-order valence-corrected chi connectivity index (χ2v) is 13.5.